The molecule has 0 aliphatic heterocycles. The molecule has 3 atom stereocenters. The van der Waals surface area contributed by atoms with Crippen LogP contribution >= 0.6 is 0 Å². The molecule has 2 N–H and O–H groups in total. The molecule has 1 rings (SSSR count). The van der Waals surface area contributed by atoms with Crippen LogP contribution in [0.1, 0.15) is 26.7 Å². The molecular formula is C11H21NO. The lowest BCUT2D eigenvalue weighted by molar-refractivity contribution is 0.188. The summed E-state index contributed by atoms with van der Waals surface area (Å²) >= 11 is 0. The fourth-order valence-electron chi connectivity index (χ4n) is 2.38. The number of rotatable bonds is 3. The first-order valence-corrected chi connectivity index (χ1v) is 5.12. The number of nitrogens with one attached hydrogen (secondary N) is 1. The minimum absolute atomic E-state index is 0.251. The van der Waals surface area contributed by atoms with Crippen molar-refractivity contribution < 1.29 is 5.11 Å². The summed E-state index contributed by atoms with van der Waals surface area (Å²) in [4.78, 5) is 0. The van der Waals surface area contributed by atoms with Crippen LogP contribution < -0.4 is 5.32 Å². The van der Waals surface area contributed by atoms with Crippen molar-refractivity contribution in [1.29, 1.82) is 0 Å². The molecule has 0 bridgehead atoms. The van der Waals surface area contributed by atoms with E-state index in [1.165, 1.54) is 12.0 Å². The van der Waals surface area contributed by atoms with Crippen LogP contribution in [0.4, 0.5) is 0 Å². The molecule has 76 valence electrons. The van der Waals surface area contributed by atoms with E-state index in [1.807, 2.05) is 7.05 Å². The summed E-state index contributed by atoms with van der Waals surface area (Å²) < 4.78 is 0. The lowest BCUT2D eigenvalue weighted by atomic mass is 9.80. The van der Waals surface area contributed by atoms with Gasteiger partial charge in [-0.05, 0) is 38.6 Å². The zero-order chi connectivity index (χ0) is 9.84. The van der Waals surface area contributed by atoms with Crippen molar-refractivity contribution in [1.82, 2.24) is 5.32 Å². The van der Waals surface area contributed by atoms with Gasteiger partial charge < -0.3 is 10.4 Å². The van der Waals surface area contributed by atoms with Gasteiger partial charge in [-0.1, -0.05) is 18.6 Å². The summed E-state index contributed by atoms with van der Waals surface area (Å²) in [5, 5.41) is 12.4. The van der Waals surface area contributed by atoms with Crippen molar-refractivity contribution in [3.8, 4) is 0 Å². The van der Waals surface area contributed by atoms with Crippen LogP contribution in [0.25, 0.3) is 0 Å². The van der Waals surface area contributed by atoms with Gasteiger partial charge in [0.25, 0.3) is 0 Å². The standard InChI is InChI=1S/C11H21NO/c1-8-4-9(2)6-10(5-8)11(7-13)12-3/h4,8,10-13H,5-7H2,1-3H3. The van der Waals surface area contributed by atoms with Crippen LogP contribution in [0.2, 0.25) is 0 Å². The Morgan fingerprint density at radius 2 is 2.38 bits per heavy atom. The lowest BCUT2D eigenvalue weighted by Gasteiger charge is -2.31. The van der Waals surface area contributed by atoms with E-state index in [2.05, 4.69) is 25.2 Å². The zero-order valence-electron chi connectivity index (χ0n) is 8.88. The molecule has 0 saturated heterocycles. The van der Waals surface area contributed by atoms with E-state index < -0.39 is 0 Å². The molecule has 0 spiro atoms. The van der Waals surface area contributed by atoms with E-state index in [0.29, 0.717) is 11.8 Å². The molecule has 1 aliphatic rings. The third-order valence-corrected chi connectivity index (χ3v) is 2.96. The van der Waals surface area contributed by atoms with Crippen LogP contribution in [0.5, 0.6) is 0 Å². The van der Waals surface area contributed by atoms with Gasteiger partial charge in [0.05, 0.1) is 6.61 Å². The second-order valence-electron chi connectivity index (χ2n) is 4.27. The van der Waals surface area contributed by atoms with E-state index >= 15 is 0 Å². The fraction of sp³-hybridized carbons (Fsp3) is 0.818. The molecule has 0 aromatic heterocycles. The average molecular weight is 183 g/mol. The SMILES string of the molecule is CNC(CO)C1CC(C)=CC(C)C1. The van der Waals surface area contributed by atoms with E-state index in [9.17, 15) is 0 Å². The van der Waals surface area contributed by atoms with Gasteiger partial charge in [0.15, 0.2) is 0 Å². The lowest BCUT2D eigenvalue weighted by Crippen LogP contribution is -2.38. The first kappa shape index (κ1) is 10.7. The minimum atomic E-state index is 0.251. The average Bonchev–Trinajstić information content (AvgIpc) is 2.04. The second-order valence-corrected chi connectivity index (χ2v) is 4.27. The monoisotopic (exact) mass is 183 g/mol. The first-order valence-electron chi connectivity index (χ1n) is 5.12. The van der Waals surface area contributed by atoms with Crippen LogP contribution in [0.15, 0.2) is 11.6 Å². The molecule has 3 unspecified atom stereocenters. The highest BCUT2D eigenvalue weighted by Gasteiger charge is 2.24. The highest BCUT2D eigenvalue weighted by atomic mass is 16.3. The predicted octanol–water partition coefficient (Wildman–Crippen LogP) is 1.56. The molecule has 1 aliphatic carbocycles. The van der Waals surface area contributed by atoms with E-state index in [0.717, 1.165) is 6.42 Å². The topological polar surface area (TPSA) is 32.3 Å². The van der Waals surface area contributed by atoms with Gasteiger partial charge in [-0.2, -0.15) is 0 Å². The molecule has 2 nitrogen and oxygen atoms in total. The zero-order valence-corrected chi connectivity index (χ0v) is 8.88. The predicted molar refractivity (Wildman–Crippen MR) is 55.6 cm³/mol. The molecule has 0 aromatic carbocycles. The molecule has 2 heteroatoms. The summed E-state index contributed by atoms with van der Waals surface area (Å²) in [6, 6.07) is 0.270. The Hall–Kier alpha value is -0.340. The molecule has 0 radical (unpaired) electrons. The maximum absolute atomic E-state index is 9.17. The number of aliphatic hydroxyl groups excluding tert-OH is 1. The maximum atomic E-state index is 9.17. The number of hydrogen-bond acceptors (Lipinski definition) is 2. The van der Waals surface area contributed by atoms with Crippen molar-refractivity contribution in [3.05, 3.63) is 11.6 Å². The van der Waals surface area contributed by atoms with Crippen molar-refractivity contribution in [2.45, 2.75) is 32.7 Å². The normalized spacial score (nSPS) is 31.2. The van der Waals surface area contributed by atoms with Gasteiger partial charge >= 0.3 is 0 Å². The van der Waals surface area contributed by atoms with Gasteiger partial charge in [-0.3, -0.25) is 0 Å². The minimum Gasteiger partial charge on any atom is -0.395 e. The van der Waals surface area contributed by atoms with Crippen molar-refractivity contribution in [2.24, 2.45) is 11.8 Å². The third kappa shape index (κ3) is 2.82. The fourth-order valence-corrected chi connectivity index (χ4v) is 2.38. The Kier molecular flexibility index (Phi) is 3.94. The maximum Gasteiger partial charge on any atom is 0.0587 e. The first-order chi connectivity index (χ1) is 6.17. The van der Waals surface area contributed by atoms with Crippen LogP contribution in [-0.2, 0) is 0 Å². The molecular weight excluding hydrogens is 162 g/mol. The molecule has 0 saturated carbocycles. The molecule has 0 aromatic rings. The Morgan fingerprint density at radius 3 is 2.85 bits per heavy atom. The summed E-state index contributed by atoms with van der Waals surface area (Å²) in [7, 11) is 1.93. The Balaban J connectivity index is 2.57. The summed E-state index contributed by atoms with van der Waals surface area (Å²) in [5.74, 6) is 1.27. The van der Waals surface area contributed by atoms with Gasteiger partial charge in [-0.15, -0.1) is 0 Å². The number of allylic oxidation sites excluding steroid dienone is 2. The number of likely N-dealkylation sites (N-methyl/N-ethyl adjacent to an activating group) is 1. The van der Waals surface area contributed by atoms with Crippen molar-refractivity contribution in [3.63, 3.8) is 0 Å². The highest BCUT2D eigenvalue weighted by molar-refractivity contribution is 5.07. The van der Waals surface area contributed by atoms with E-state index in [-0.39, 0.29) is 12.6 Å². The smallest absolute Gasteiger partial charge is 0.0587 e. The second kappa shape index (κ2) is 4.77. The number of hydrogen-bond donors (Lipinski definition) is 2. The van der Waals surface area contributed by atoms with Crippen LogP contribution in [0.3, 0.4) is 0 Å². The highest BCUT2D eigenvalue weighted by Crippen LogP contribution is 2.29. The summed E-state index contributed by atoms with van der Waals surface area (Å²) in [5.41, 5.74) is 1.47. The van der Waals surface area contributed by atoms with Gasteiger partial charge in [0.2, 0.25) is 0 Å². The third-order valence-electron chi connectivity index (χ3n) is 2.96. The molecule has 0 fully saturated rings. The van der Waals surface area contributed by atoms with E-state index in [1.54, 1.807) is 0 Å². The van der Waals surface area contributed by atoms with Gasteiger partial charge in [0, 0.05) is 6.04 Å². The summed E-state index contributed by atoms with van der Waals surface area (Å²) in [6.45, 7) is 4.69. The Bertz CT molecular complexity index is 185. The van der Waals surface area contributed by atoms with Crippen LogP contribution in [-0.4, -0.2) is 24.8 Å². The van der Waals surface area contributed by atoms with Crippen molar-refractivity contribution >= 4 is 0 Å². The Morgan fingerprint density at radius 1 is 1.69 bits per heavy atom. The number of aliphatic hydroxyl groups is 1. The quantitative estimate of drug-likeness (QED) is 0.651. The van der Waals surface area contributed by atoms with Crippen LogP contribution in [0, 0.1) is 11.8 Å². The Labute approximate surface area is 81.0 Å². The van der Waals surface area contributed by atoms with Crippen molar-refractivity contribution in [2.75, 3.05) is 13.7 Å². The summed E-state index contributed by atoms with van der Waals surface area (Å²) in [6.07, 6.45) is 4.68. The molecule has 0 heterocycles. The molecule has 13 heavy (non-hydrogen) atoms. The van der Waals surface area contributed by atoms with Gasteiger partial charge in [0.1, 0.15) is 0 Å². The van der Waals surface area contributed by atoms with Gasteiger partial charge in [-0.25, -0.2) is 0 Å². The van der Waals surface area contributed by atoms with E-state index in [4.69, 9.17) is 5.11 Å². The molecule has 0 amide bonds. The largest absolute Gasteiger partial charge is 0.395 e.